The summed E-state index contributed by atoms with van der Waals surface area (Å²) in [5.41, 5.74) is 3.29. The summed E-state index contributed by atoms with van der Waals surface area (Å²) in [5.74, 6) is 1.52. The molecule has 4 rings (SSSR count). The van der Waals surface area contributed by atoms with Gasteiger partial charge in [-0.15, -0.1) is 0 Å². The normalized spacial score (nSPS) is 17.8. The van der Waals surface area contributed by atoms with Crippen LogP contribution >= 0.6 is 0 Å². The fourth-order valence-electron chi connectivity index (χ4n) is 4.10. The highest BCUT2D eigenvalue weighted by atomic mass is 16.2. The molecule has 1 unspecified atom stereocenters. The van der Waals surface area contributed by atoms with E-state index in [1.165, 1.54) is 5.52 Å². The zero-order valence-corrected chi connectivity index (χ0v) is 16.3. The lowest BCUT2D eigenvalue weighted by Crippen LogP contribution is -2.41. The van der Waals surface area contributed by atoms with Crippen LogP contribution in [0.15, 0.2) is 36.7 Å². The fourth-order valence-corrected chi connectivity index (χ4v) is 4.10. The molecule has 1 aliphatic heterocycles. The van der Waals surface area contributed by atoms with Crippen LogP contribution in [0.1, 0.15) is 50.0 Å². The molecular weight excluding hydrogens is 338 g/mol. The van der Waals surface area contributed by atoms with Gasteiger partial charge >= 0.3 is 0 Å². The van der Waals surface area contributed by atoms with Crippen LogP contribution in [0, 0.1) is 6.92 Å². The summed E-state index contributed by atoms with van der Waals surface area (Å²) in [6.07, 6.45) is 5.78. The van der Waals surface area contributed by atoms with Crippen LogP contribution in [0.25, 0.3) is 11.0 Å². The molecule has 1 atom stereocenters. The van der Waals surface area contributed by atoms with E-state index in [2.05, 4.69) is 41.7 Å². The zero-order valence-electron chi connectivity index (χ0n) is 16.3. The van der Waals surface area contributed by atoms with Crippen molar-refractivity contribution >= 4 is 16.9 Å². The Bertz CT molecular complexity index is 955. The lowest BCUT2D eigenvalue weighted by Gasteiger charge is -2.33. The van der Waals surface area contributed by atoms with Crippen LogP contribution in [-0.2, 0) is 11.3 Å². The van der Waals surface area contributed by atoms with Gasteiger partial charge in [0.25, 0.3) is 0 Å². The smallest absolute Gasteiger partial charge is 0.244 e. The van der Waals surface area contributed by atoms with Crippen LogP contribution in [0.5, 0.6) is 0 Å². The maximum atomic E-state index is 12.8. The standard InChI is InChI=1S/C21H27N5O/c1-15(2)26-19-9-5-4-8-18(19)23-21(26)17-7-6-10-24(13-17)20(27)14-25-12-16(3)11-22-25/h4-5,8-9,11-12,15,17H,6-7,10,13-14H2,1-3H3. The minimum atomic E-state index is 0.134. The molecule has 6 heteroatoms. The van der Waals surface area contributed by atoms with Crippen molar-refractivity contribution in [1.29, 1.82) is 0 Å². The molecule has 3 heterocycles. The molecule has 0 radical (unpaired) electrons. The van der Waals surface area contributed by atoms with E-state index in [9.17, 15) is 4.79 Å². The third-order valence-corrected chi connectivity index (χ3v) is 5.34. The summed E-state index contributed by atoms with van der Waals surface area (Å²) < 4.78 is 4.06. The largest absolute Gasteiger partial charge is 0.340 e. The summed E-state index contributed by atoms with van der Waals surface area (Å²) >= 11 is 0. The number of aryl methyl sites for hydroxylation is 1. The molecule has 3 aromatic rings. The quantitative estimate of drug-likeness (QED) is 0.711. The number of rotatable bonds is 4. The van der Waals surface area contributed by atoms with Gasteiger partial charge in [-0.05, 0) is 51.3 Å². The maximum absolute atomic E-state index is 12.8. The van der Waals surface area contributed by atoms with Crippen molar-refractivity contribution in [1.82, 2.24) is 24.2 Å². The Balaban J connectivity index is 1.57. The first kappa shape index (κ1) is 17.8. The minimum absolute atomic E-state index is 0.134. The van der Waals surface area contributed by atoms with Crippen molar-refractivity contribution in [2.24, 2.45) is 0 Å². The van der Waals surface area contributed by atoms with Crippen molar-refractivity contribution in [3.63, 3.8) is 0 Å². The number of aromatic nitrogens is 4. The first-order chi connectivity index (χ1) is 13.0. The third-order valence-electron chi connectivity index (χ3n) is 5.34. The zero-order chi connectivity index (χ0) is 19.0. The minimum Gasteiger partial charge on any atom is -0.340 e. The van der Waals surface area contributed by atoms with Crippen LogP contribution in [-0.4, -0.2) is 43.2 Å². The van der Waals surface area contributed by atoms with Crippen molar-refractivity contribution in [2.75, 3.05) is 13.1 Å². The summed E-state index contributed by atoms with van der Waals surface area (Å²) in [7, 11) is 0. The number of piperidine rings is 1. The fraction of sp³-hybridized carbons (Fsp3) is 0.476. The van der Waals surface area contributed by atoms with Crippen LogP contribution < -0.4 is 0 Å². The highest BCUT2D eigenvalue weighted by Gasteiger charge is 2.29. The molecule has 142 valence electrons. The number of amides is 1. The van der Waals surface area contributed by atoms with Gasteiger partial charge < -0.3 is 9.47 Å². The molecule has 1 amide bonds. The number of imidazole rings is 1. The molecule has 1 aliphatic rings. The average Bonchev–Trinajstić information content (AvgIpc) is 3.25. The average molecular weight is 365 g/mol. The van der Waals surface area contributed by atoms with E-state index in [1.54, 1.807) is 10.9 Å². The second-order valence-corrected chi connectivity index (χ2v) is 7.82. The van der Waals surface area contributed by atoms with Gasteiger partial charge in [0.1, 0.15) is 12.4 Å². The molecule has 0 spiro atoms. The molecule has 27 heavy (non-hydrogen) atoms. The van der Waals surface area contributed by atoms with Gasteiger partial charge in [0.2, 0.25) is 5.91 Å². The Morgan fingerprint density at radius 3 is 2.85 bits per heavy atom. The van der Waals surface area contributed by atoms with E-state index in [-0.39, 0.29) is 11.8 Å². The number of benzene rings is 1. The van der Waals surface area contributed by atoms with E-state index in [4.69, 9.17) is 4.98 Å². The summed E-state index contributed by atoms with van der Waals surface area (Å²) in [6.45, 7) is 8.24. The Morgan fingerprint density at radius 2 is 2.11 bits per heavy atom. The van der Waals surface area contributed by atoms with Crippen LogP contribution in [0.2, 0.25) is 0 Å². The Kier molecular flexibility index (Phi) is 4.72. The van der Waals surface area contributed by atoms with E-state index in [1.807, 2.05) is 24.1 Å². The molecular formula is C21H27N5O. The number of carbonyl (C=O) groups is 1. The molecule has 1 saturated heterocycles. The van der Waals surface area contributed by atoms with E-state index in [0.29, 0.717) is 12.6 Å². The molecule has 0 N–H and O–H groups in total. The van der Waals surface area contributed by atoms with Gasteiger partial charge in [-0.3, -0.25) is 9.48 Å². The molecule has 1 aromatic carbocycles. The van der Waals surface area contributed by atoms with Gasteiger partial charge in [-0.2, -0.15) is 5.10 Å². The lowest BCUT2D eigenvalue weighted by atomic mass is 9.96. The van der Waals surface area contributed by atoms with E-state index >= 15 is 0 Å². The van der Waals surface area contributed by atoms with Crippen LogP contribution in [0.3, 0.4) is 0 Å². The van der Waals surface area contributed by atoms with Gasteiger partial charge in [-0.1, -0.05) is 12.1 Å². The topological polar surface area (TPSA) is 56.0 Å². The van der Waals surface area contributed by atoms with Gasteiger partial charge in [-0.25, -0.2) is 4.98 Å². The predicted octanol–water partition coefficient (Wildman–Crippen LogP) is 3.53. The highest BCUT2D eigenvalue weighted by molar-refractivity contribution is 5.77. The first-order valence-corrected chi connectivity index (χ1v) is 9.76. The Morgan fingerprint density at radius 1 is 1.30 bits per heavy atom. The summed E-state index contributed by atoms with van der Waals surface area (Å²) in [6, 6.07) is 8.65. The van der Waals surface area contributed by atoms with Gasteiger partial charge in [0, 0.05) is 31.2 Å². The lowest BCUT2D eigenvalue weighted by molar-refractivity contribution is -0.133. The molecule has 1 fully saturated rings. The summed E-state index contributed by atoms with van der Waals surface area (Å²) in [4.78, 5) is 19.7. The number of likely N-dealkylation sites (tertiary alicyclic amines) is 1. The second kappa shape index (κ2) is 7.18. The number of hydrogen-bond acceptors (Lipinski definition) is 3. The van der Waals surface area contributed by atoms with Crippen LogP contribution in [0.4, 0.5) is 0 Å². The van der Waals surface area contributed by atoms with Crippen molar-refractivity contribution in [3.8, 4) is 0 Å². The number of carbonyl (C=O) groups excluding carboxylic acids is 1. The SMILES string of the molecule is Cc1cnn(CC(=O)N2CCCC(c3nc4ccccc4n3C(C)C)C2)c1. The highest BCUT2D eigenvalue weighted by Crippen LogP contribution is 2.31. The van der Waals surface area contributed by atoms with Crippen molar-refractivity contribution in [2.45, 2.75) is 52.1 Å². The molecule has 6 nitrogen and oxygen atoms in total. The number of nitrogens with zero attached hydrogens (tertiary/aromatic N) is 5. The summed E-state index contributed by atoms with van der Waals surface area (Å²) in [5, 5.41) is 4.25. The van der Waals surface area contributed by atoms with Gasteiger partial charge in [0.05, 0.1) is 17.2 Å². The third kappa shape index (κ3) is 3.48. The van der Waals surface area contributed by atoms with Gasteiger partial charge in [0.15, 0.2) is 0 Å². The second-order valence-electron chi connectivity index (χ2n) is 7.82. The number of para-hydroxylation sites is 2. The first-order valence-electron chi connectivity index (χ1n) is 9.76. The van der Waals surface area contributed by atoms with E-state index in [0.717, 1.165) is 42.8 Å². The van der Waals surface area contributed by atoms with E-state index < -0.39 is 0 Å². The predicted molar refractivity (Wildman–Crippen MR) is 106 cm³/mol. The van der Waals surface area contributed by atoms with Crippen molar-refractivity contribution < 1.29 is 4.79 Å². The monoisotopic (exact) mass is 365 g/mol. The molecule has 0 saturated carbocycles. The number of fused-ring (bicyclic) bond motifs is 1. The number of hydrogen-bond donors (Lipinski definition) is 0. The molecule has 0 aliphatic carbocycles. The maximum Gasteiger partial charge on any atom is 0.244 e. The van der Waals surface area contributed by atoms with Crippen molar-refractivity contribution in [3.05, 3.63) is 48.0 Å². The molecule has 2 aromatic heterocycles. The Labute approximate surface area is 159 Å². The Hall–Kier alpha value is -2.63. The molecule has 0 bridgehead atoms.